The van der Waals surface area contributed by atoms with Gasteiger partial charge >= 0.3 is 0 Å². The minimum Gasteiger partial charge on any atom is -0.335 e. The van der Waals surface area contributed by atoms with E-state index in [1.807, 2.05) is 12.1 Å². The molecule has 2 nitrogen and oxygen atoms in total. The van der Waals surface area contributed by atoms with Gasteiger partial charge in [0.2, 0.25) is 0 Å². The molecule has 1 unspecified atom stereocenters. The van der Waals surface area contributed by atoms with Crippen LogP contribution in [-0.2, 0) is 0 Å². The molecule has 0 spiro atoms. The lowest BCUT2D eigenvalue weighted by atomic mass is 10.3. The third-order valence-corrected chi connectivity index (χ3v) is 3.36. The lowest BCUT2D eigenvalue weighted by molar-refractivity contribution is 0.976. The maximum Gasteiger partial charge on any atom is 0.161 e. The van der Waals surface area contributed by atoms with Crippen molar-refractivity contribution in [3.63, 3.8) is 0 Å². The molecule has 2 rings (SSSR count). The van der Waals surface area contributed by atoms with Crippen LogP contribution in [0.15, 0.2) is 23.2 Å². The summed E-state index contributed by atoms with van der Waals surface area (Å²) in [6.07, 6.45) is 0. The molecule has 0 amide bonds. The Morgan fingerprint density at radius 1 is 1.33 bits per heavy atom. The Morgan fingerprint density at radius 2 is 2.00 bits per heavy atom. The number of anilines is 1. The van der Waals surface area contributed by atoms with Crippen molar-refractivity contribution in [2.75, 3.05) is 11.9 Å². The first-order chi connectivity index (χ1) is 7.13. The van der Waals surface area contributed by atoms with E-state index in [9.17, 15) is 0 Å². The number of nitrogens with zero attached hydrogens (tertiary/aromatic N) is 1. The van der Waals surface area contributed by atoms with E-state index in [1.165, 1.54) is 0 Å². The first-order valence-electron chi connectivity index (χ1n) is 4.58. The Labute approximate surface area is 103 Å². The molecule has 1 heterocycles. The minimum atomic E-state index is 0.544. The summed E-state index contributed by atoms with van der Waals surface area (Å²) in [4.78, 5) is 4.35. The number of nitrogens with one attached hydrogen (secondary N) is 1. The van der Waals surface area contributed by atoms with Crippen molar-refractivity contribution in [3.05, 3.63) is 28.2 Å². The van der Waals surface area contributed by atoms with Gasteiger partial charge in [-0.15, -0.1) is 0 Å². The predicted molar refractivity (Wildman–Crippen MR) is 69.4 cm³/mol. The summed E-state index contributed by atoms with van der Waals surface area (Å²) in [6.45, 7) is 3.01. The molecule has 1 aliphatic heterocycles. The molecule has 0 saturated heterocycles. The van der Waals surface area contributed by atoms with Crippen LogP contribution in [0.2, 0.25) is 10.0 Å². The van der Waals surface area contributed by atoms with E-state index in [4.69, 9.17) is 23.2 Å². The topological polar surface area (TPSA) is 24.4 Å². The molecule has 0 aliphatic carbocycles. The number of benzene rings is 1. The van der Waals surface area contributed by atoms with Gasteiger partial charge in [-0.1, -0.05) is 41.9 Å². The molecule has 1 atom stereocenters. The smallest absolute Gasteiger partial charge is 0.161 e. The summed E-state index contributed by atoms with van der Waals surface area (Å²) in [6, 6.07) is 5.37. The van der Waals surface area contributed by atoms with Gasteiger partial charge in [-0.2, -0.15) is 0 Å². The highest BCUT2D eigenvalue weighted by Crippen LogP contribution is 2.26. The summed E-state index contributed by atoms with van der Waals surface area (Å²) >= 11 is 13.5. The van der Waals surface area contributed by atoms with E-state index < -0.39 is 0 Å². The van der Waals surface area contributed by atoms with Crippen molar-refractivity contribution in [2.24, 2.45) is 4.99 Å². The molecule has 1 aromatic rings. The van der Waals surface area contributed by atoms with E-state index >= 15 is 0 Å². The molecule has 80 valence electrons. The lowest BCUT2D eigenvalue weighted by Crippen LogP contribution is -2.05. The zero-order valence-corrected chi connectivity index (χ0v) is 10.5. The average molecular weight is 261 g/mol. The van der Waals surface area contributed by atoms with Gasteiger partial charge in [0.15, 0.2) is 5.17 Å². The Hall–Kier alpha value is -0.380. The van der Waals surface area contributed by atoms with Crippen molar-refractivity contribution in [3.8, 4) is 0 Å². The molecular formula is C10H10Cl2N2S. The van der Waals surface area contributed by atoms with Crippen LogP contribution < -0.4 is 5.32 Å². The molecule has 1 N–H and O–H groups in total. The monoisotopic (exact) mass is 260 g/mol. The summed E-state index contributed by atoms with van der Waals surface area (Å²) in [5.41, 5.74) is 0.882. The molecule has 15 heavy (non-hydrogen) atoms. The normalized spacial score (nSPS) is 20.2. The van der Waals surface area contributed by atoms with Gasteiger partial charge in [0, 0.05) is 21.0 Å². The fourth-order valence-corrected chi connectivity index (χ4v) is 2.68. The van der Waals surface area contributed by atoms with Crippen LogP contribution in [0, 0.1) is 0 Å². The van der Waals surface area contributed by atoms with Crippen LogP contribution in [0.5, 0.6) is 0 Å². The fourth-order valence-electron chi connectivity index (χ4n) is 1.30. The van der Waals surface area contributed by atoms with Gasteiger partial charge in [-0.3, -0.25) is 4.99 Å². The van der Waals surface area contributed by atoms with Gasteiger partial charge in [0.25, 0.3) is 0 Å². The minimum absolute atomic E-state index is 0.544. The second-order valence-corrected chi connectivity index (χ2v) is 5.66. The van der Waals surface area contributed by atoms with Crippen molar-refractivity contribution >= 4 is 45.8 Å². The molecule has 5 heteroatoms. The first kappa shape index (κ1) is 11.1. The molecule has 0 fully saturated rings. The number of rotatable bonds is 1. The number of thioether (sulfide) groups is 1. The van der Waals surface area contributed by atoms with E-state index in [0.717, 1.165) is 17.4 Å². The Kier molecular flexibility index (Phi) is 3.44. The maximum absolute atomic E-state index is 5.89. The number of aliphatic imine (C=N–C) groups is 1. The number of hydrogen-bond acceptors (Lipinski definition) is 3. The van der Waals surface area contributed by atoms with Crippen molar-refractivity contribution in [1.82, 2.24) is 0 Å². The van der Waals surface area contributed by atoms with Gasteiger partial charge in [-0.25, -0.2) is 0 Å². The Balaban J connectivity index is 2.11. The molecule has 0 aromatic heterocycles. The van der Waals surface area contributed by atoms with Crippen LogP contribution >= 0.6 is 35.0 Å². The number of hydrogen-bond donors (Lipinski definition) is 1. The third-order valence-electron chi connectivity index (χ3n) is 1.92. The van der Waals surface area contributed by atoms with Crippen molar-refractivity contribution < 1.29 is 0 Å². The van der Waals surface area contributed by atoms with Crippen LogP contribution in [-0.4, -0.2) is 17.0 Å². The standard InChI is InChI=1S/C10H10Cl2N2S/c1-6-5-13-10(15-6)14-9-3-7(11)2-8(12)4-9/h2-4,6H,5H2,1H3,(H,13,14). The maximum atomic E-state index is 5.89. The van der Waals surface area contributed by atoms with Crippen LogP contribution in [0.3, 0.4) is 0 Å². The second kappa shape index (κ2) is 4.64. The highest BCUT2D eigenvalue weighted by molar-refractivity contribution is 8.15. The second-order valence-electron chi connectivity index (χ2n) is 3.36. The van der Waals surface area contributed by atoms with E-state index in [2.05, 4.69) is 17.2 Å². The highest BCUT2D eigenvalue weighted by atomic mass is 35.5. The third kappa shape index (κ3) is 3.03. The zero-order chi connectivity index (χ0) is 10.8. The molecule has 1 aliphatic rings. The number of halogens is 2. The van der Waals surface area contributed by atoms with Crippen LogP contribution in [0.25, 0.3) is 0 Å². The van der Waals surface area contributed by atoms with Crippen LogP contribution in [0.1, 0.15) is 6.92 Å². The Morgan fingerprint density at radius 3 is 2.53 bits per heavy atom. The predicted octanol–water partition coefficient (Wildman–Crippen LogP) is 3.90. The fraction of sp³-hybridized carbons (Fsp3) is 0.300. The molecule has 0 saturated carbocycles. The SMILES string of the molecule is CC1CN=C(Nc2cc(Cl)cc(Cl)c2)S1. The number of amidine groups is 1. The van der Waals surface area contributed by atoms with Gasteiger partial charge < -0.3 is 5.32 Å². The molecule has 0 bridgehead atoms. The summed E-state index contributed by atoms with van der Waals surface area (Å²) in [5.74, 6) is 0. The average Bonchev–Trinajstić information content (AvgIpc) is 2.49. The lowest BCUT2D eigenvalue weighted by Gasteiger charge is -2.06. The largest absolute Gasteiger partial charge is 0.335 e. The van der Waals surface area contributed by atoms with E-state index in [0.29, 0.717) is 15.3 Å². The molecular weight excluding hydrogens is 251 g/mol. The summed E-state index contributed by atoms with van der Waals surface area (Å²) < 4.78 is 0. The highest BCUT2D eigenvalue weighted by Gasteiger charge is 2.14. The first-order valence-corrected chi connectivity index (χ1v) is 6.21. The van der Waals surface area contributed by atoms with Gasteiger partial charge in [0.1, 0.15) is 0 Å². The summed E-state index contributed by atoms with van der Waals surface area (Å²) in [5, 5.41) is 5.93. The van der Waals surface area contributed by atoms with Crippen molar-refractivity contribution in [2.45, 2.75) is 12.2 Å². The summed E-state index contributed by atoms with van der Waals surface area (Å²) in [7, 11) is 0. The Bertz CT molecular complexity index is 386. The zero-order valence-electron chi connectivity index (χ0n) is 8.13. The quantitative estimate of drug-likeness (QED) is 0.829. The molecule has 1 aromatic carbocycles. The molecule has 0 radical (unpaired) electrons. The van der Waals surface area contributed by atoms with Gasteiger partial charge in [0.05, 0.1) is 6.54 Å². The van der Waals surface area contributed by atoms with Gasteiger partial charge in [-0.05, 0) is 18.2 Å². The van der Waals surface area contributed by atoms with Crippen molar-refractivity contribution in [1.29, 1.82) is 0 Å². The van der Waals surface area contributed by atoms with E-state index in [1.54, 1.807) is 17.8 Å². The van der Waals surface area contributed by atoms with E-state index in [-0.39, 0.29) is 0 Å². The van der Waals surface area contributed by atoms with Crippen LogP contribution in [0.4, 0.5) is 5.69 Å².